The number of halogens is 1. The lowest BCUT2D eigenvalue weighted by Crippen LogP contribution is -2.01. The maximum Gasteiger partial charge on any atom is 0.164 e. The Hall–Kier alpha value is -0.890. The summed E-state index contributed by atoms with van der Waals surface area (Å²) in [5, 5.41) is 0.422. The summed E-state index contributed by atoms with van der Waals surface area (Å²) in [6, 6.07) is 3.36. The minimum atomic E-state index is 0.142. The van der Waals surface area contributed by atoms with Gasteiger partial charge in [0, 0.05) is 18.2 Å². The molecule has 0 aliphatic rings. The maximum atomic E-state index is 11.6. The zero-order chi connectivity index (χ0) is 10.6. The van der Waals surface area contributed by atoms with E-state index in [1.807, 2.05) is 0 Å². The average Bonchev–Trinajstić information content (AvgIpc) is 2.15. The highest BCUT2D eigenvalue weighted by Crippen LogP contribution is 2.11. The molecule has 0 aromatic carbocycles. The number of aromatic nitrogens is 1. The molecular weight excluding hydrogens is 198 g/mol. The largest absolute Gasteiger partial charge is 0.294 e. The fourth-order valence-electron chi connectivity index (χ4n) is 1.10. The van der Waals surface area contributed by atoms with Crippen molar-refractivity contribution in [2.24, 2.45) is 5.92 Å². The van der Waals surface area contributed by atoms with Crippen molar-refractivity contribution in [2.75, 3.05) is 0 Å². The van der Waals surface area contributed by atoms with Gasteiger partial charge in [-0.05, 0) is 24.5 Å². The van der Waals surface area contributed by atoms with E-state index in [-0.39, 0.29) is 5.78 Å². The van der Waals surface area contributed by atoms with Crippen molar-refractivity contribution >= 4 is 17.4 Å². The Labute approximate surface area is 89.3 Å². The molecule has 1 aromatic rings. The average molecular weight is 212 g/mol. The summed E-state index contributed by atoms with van der Waals surface area (Å²) in [6.45, 7) is 4.21. The molecule has 0 aliphatic carbocycles. The molecule has 0 amide bonds. The van der Waals surface area contributed by atoms with Gasteiger partial charge in [0.2, 0.25) is 0 Å². The second kappa shape index (κ2) is 5.11. The van der Waals surface area contributed by atoms with Crippen LogP contribution in [0.1, 0.15) is 37.0 Å². The van der Waals surface area contributed by atoms with Crippen molar-refractivity contribution in [3.05, 3.63) is 29.0 Å². The number of carbonyl (C=O) groups is 1. The first kappa shape index (κ1) is 11.2. The van der Waals surface area contributed by atoms with E-state index in [0.717, 1.165) is 6.42 Å². The van der Waals surface area contributed by atoms with Gasteiger partial charge in [-0.15, -0.1) is 0 Å². The van der Waals surface area contributed by atoms with E-state index in [1.54, 1.807) is 12.1 Å². The zero-order valence-corrected chi connectivity index (χ0v) is 9.21. The predicted octanol–water partition coefficient (Wildman–Crippen LogP) is 3.35. The summed E-state index contributed by atoms with van der Waals surface area (Å²) >= 11 is 5.62. The third kappa shape index (κ3) is 3.46. The van der Waals surface area contributed by atoms with Crippen molar-refractivity contribution in [3.8, 4) is 0 Å². The number of pyridine rings is 1. The lowest BCUT2D eigenvalue weighted by atomic mass is 10.0. The van der Waals surface area contributed by atoms with Crippen LogP contribution in [0.25, 0.3) is 0 Å². The van der Waals surface area contributed by atoms with Gasteiger partial charge in [0.15, 0.2) is 5.78 Å². The van der Waals surface area contributed by atoms with Crippen LogP contribution in [0.4, 0.5) is 0 Å². The van der Waals surface area contributed by atoms with Crippen LogP contribution in [-0.2, 0) is 0 Å². The summed E-state index contributed by atoms with van der Waals surface area (Å²) < 4.78 is 0. The summed E-state index contributed by atoms with van der Waals surface area (Å²) in [5.41, 5.74) is 0.648. The molecule has 1 aromatic heterocycles. The Bertz CT molecular complexity index is 306. The summed E-state index contributed by atoms with van der Waals surface area (Å²) in [7, 11) is 0. The third-order valence-corrected chi connectivity index (χ3v) is 2.22. The molecule has 0 bridgehead atoms. The van der Waals surface area contributed by atoms with Crippen molar-refractivity contribution in [1.82, 2.24) is 4.98 Å². The van der Waals surface area contributed by atoms with Crippen LogP contribution in [0.5, 0.6) is 0 Å². The Balaban J connectivity index is 2.57. The van der Waals surface area contributed by atoms with Gasteiger partial charge in [0.05, 0.1) is 0 Å². The Kier molecular flexibility index (Phi) is 4.08. The van der Waals surface area contributed by atoms with E-state index in [0.29, 0.717) is 23.1 Å². The van der Waals surface area contributed by atoms with E-state index in [9.17, 15) is 4.79 Å². The van der Waals surface area contributed by atoms with Gasteiger partial charge in [-0.25, -0.2) is 4.98 Å². The molecule has 0 spiro atoms. The SMILES string of the molecule is CC(C)CCC(=O)c1ccc(Cl)nc1. The van der Waals surface area contributed by atoms with E-state index in [2.05, 4.69) is 18.8 Å². The van der Waals surface area contributed by atoms with Gasteiger partial charge in [0.1, 0.15) is 5.15 Å². The number of rotatable bonds is 4. The minimum Gasteiger partial charge on any atom is -0.294 e. The Morgan fingerprint density at radius 3 is 2.71 bits per heavy atom. The lowest BCUT2D eigenvalue weighted by molar-refractivity contribution is 0.0975. The molecule has 1 rings (SSSR count). The smallest absolute Gasteiger partial charge is 0.164 e. The highest BCUT2D eigenvalue weighted by atomic mass is 35.5. The van der Waals surface area contributed by atoms with Crippen LogP contribution >= 0.6 is 11.6 Å². The number of nitrogens with zero attached hydrogens (tertiary/aromatic N) is 1. The van der Waals surface area contributed by atoms with E-state index in [4.69, 9.17) is 11.6 Å². The molecule has 0 atom stereocenters. The number of carbonyl (C=O) groups excluding carboxylic acids is 1. The van der Waals surface area contributed by atoms with Crippen LogP contribution in [0.2, 0.25) is 5.15 Å². The van der Waals surface area contributed by atoms with Gasteiger partial charge in [-0.3, -0.25) is 4.79 Å². The molecule has 1 heterocycles. The standard InChI is InChI=1S/C11H14ClNO/c1-8(2)3-5-10(14)9-4-6-11(12)13-7-9/h4,6-8H,3,5H2,1-2H3. The predicted molar refractivity (Wildman–Crippen MR) is 57.6 cm³/mol. The third-order valence-electron chi connectivity index (χ3n) is 2.00. The maximum absolute atomic E-state index is 11.6. The van der Waals surface area contributed by atoms with Crippen LogP contribution in [0.15, 0.2) is 18.3 Å². The molecule has 14 heavy (non-hydrogen) atoms. The molecule has 0 fully saturated rings. The van der Waals surface area contributed by atoms with Gasteiger partial charge >= 0.3 is 0 Å². The number of Topliss-reactive ketones (excluding diaryl/α,β-unsaturated/α-hetero) is 1. The van der Waals surface area contributed by atoms with Crippen LogP contribution in [-0.4, -0.2) is 10.8 Å². The number of ketones is 1. The summed E-state index contributed by atoms with van der Waals surface area (Å²) in [6.07, 6.45) is 3.04. The van der Waals surface area contributed by atoms with Gasteiger partial charge in [-0.1, -0.05) is 25.4 Å². The summed E-state index contributed by atoms with van der Waals surface area (Å²) in [5.74, 6) is 0.696. The van der Waals surface area contributed by atoms with Crippen molar-refractivity contribution in [3.63, 3.8) is 0 Å². The van der Waals surface area contributed by atoms with Crippen LogP contribution in [0.3, 0.4) is 0 Å². The van der Waals surface area contributed by atoms with Crippen molar-refractivity contribution < 1.29 is 4.79 Å². The normalized spacial score (nSPS) is 10.6. The van der Waals surface area contributed by atoms with Gasteiger partial charge < -0.3 is 0 Å². The molecule has 0 unspecified atom stereocenters. The first-order valence-corrected chi connectivity index (χ1v) is 5.12. The van der Waals surface area contributed by atoms with Crippen molar-refractivity contribution in [2.45, 2.75) is 26.7 Å². The van der Waals surface area contributed by atoms with E-state index < -0.39 is 0 Å². The molecule has 0 saturated heterocycles. The fourth-order valence-corrected chi connectivity index (χ4v) is 1.22. The fraction of sp³-hybridized carbons (Fsp3) is 0.455. The Morgan fingerprint density at radius 1 is 1.50 bits per heavy atom. The highest BCUT2D eigenvalue weighted by molar-refractivity contribution is 6.29. The van der Waals surface area contributed by atoms with Gasteiger partial charge in [-0.2, -0.15) is 0 Å². The topological polar surface area (TPSA) is 30.0 Å². The monoisotopic (exact) mass is 211 g/mol. The van der Waals surface area contributed by atoms with E-state index >= 15 is 0 Å². The minimum absolute atomic E-state index is 0.142. The Morgan fingerprint density at radius 2 is 2.21 bits per heavy atom. The first-order valence-electron chi connectivity index (χ1n) is 4.74. The van der Waals surface area contributed by atoms with Gasteiger partial charge in [0.25, 0.3) is 0 Å². The molecule has 0 radical (unpaired) electrons. The van der Waals surface area contributed by atoms with E-state index in [1.165, 1.54) is 6.20 Å². The second-order valence-corrected chi connectivity index (χ2v) is 4.11. The molecule has 0 saturated carbocycles. The van der Waals surface area contributed by atoms with Crippen molar-refractivity contribution in [1.29, 1.82) is 0 Å². The quantitative estimate of drug-likeness (QED) is 0.565. The van der Waals surface area contributed by atoms with Crippen LogP contribution in [0, 0.1) is 5.92 Å². The zero-order valence-electron chi connectivity index (χ0n) is 8.46. The first-order chi connectivity index (χ1) is 6.59. The highest BCUT2D eigenvalue weighted by Gasteiger charge is 2.06. The lowest BCUT2D eigenvalue weighted by Gasteiger charge is -2.03. The molecule has 0 aliphatic heterocycles. The molecule has 3 heteroatoms. The molecular formula is C11H14ClNO. The molecule has 0 N–H and O–H groups in total. The summed E-state index contributed by atoms with van der Waals surface area (Å²) in [4.78, 5) is 15.4. The molecule has 2 nitrogen and oxygen atoms in total. The second-order valence-electron chi connectivity index (χ2n) is 3.73. The molecule has 76 valence electrons. The van der Waals surface area contributed by atoms with Crippen LogP contribution < -0.4 is 0 Å². The number of hydrogen-bond donors (Lipinski definition) is 0. The number of hydrogen-bond acceptors (Lipinski definition) is 2.